The standard InChI is InChI=1S/C23H22Cl2FN3O6S/c1-36(32,33)29-8-19(35-18-5-2-13(24)6-17(18)29)21(31)28-23-10-22(11-23,12-23)27-20(30)9-34-14-3-4-15(25)16(26)7-14/h2-7,19H,8-12H2,1H3,(H,27,30)(H,28,31). The van der Waals surface area contributed by atoms with Crippen molar-refractivity contribution >= 4 is 50.7 Å². The Bertz CT molecular complexity index is 1350. The molecule has 0 saturated heterocycles. The third-order valence-electron chi connectivity index (χ3n) is 6.57. The Morgan fingerprint density at radius 1 is 1.14 bits per heavy atom. The molecule has 2 N–H and O–H groups in total. The van der Waals surface area contributed by atoms with E-state index in [-0.39, 0.29) is 41.3 Å². The summed E-state index contributed by atoms with van der Waals surface area (Å²) in [4.78, 5) is 25.3. The molecule has 3 saturated carbocycles. The number of hydrogen-bond donors (Lipinski definition) is 2. The molecule has 2 aromatic rings. The van der Waals surface area contributed by atoms with E-state index in [1.807, 2.05) is 0 Å². The van der Waals surface area contributed by atoms with Crippen molar-refractivity contribution in [2.75, 3.05) is 23.7 Å². The lowest BCUT2D eigenvalue weighted by atomic mass is 9.44. The monoisotopic (exact) mass is 557 g/mol. The molecule has 13 heteroatoms. The molecule has 1 atom stereocenters. The van der Waals surface area contributed by atoms with E-state index < -0.39 is 38.9 Å². The number of nitrogens with one attached hydrogen (secondary N) is 2. The van der Waals surface area contributed by atoms with Gasteiger partial charge in [0.2, 0.25) is 10.0 Å². The molecular formula is C23H22Cl2FN3O6S. The average molecular weight is 558 g/mol. The van der Waals surface area contributed by atoms with Gasteiger partial charge >= 0.3 is 0 Å². The van der Waals surface area contributed by atoms with Crippen molar-refractivity contribution in [2.45, 2.75) is 36.4 Å². The van der Waals surface area contributed by atoms with Crippen LogP contribution in [0.5, 0.6) is 11.5 Å². The Morgan fingerprint density at radius 3 is 2.50 bits per heavy atom. The topological polar surface area (TPSA) is 114 Å². The van der Waals surface area contributed by atoms with Gasteiger partial charge in [0, 0.05) is 22.2 Å². The number of rotatable bonds is 7. The summed E-state index contributed by atoms with van der Waals surface area (Å²) in [5, 5.41) is 6.18. The smallest absolute Gasteiger partial charge is 0.263 e. The van der Waals surface area contributed by atoms with E-state index in [1.165, 1.54) is 24.3 Å². The van der Waals surface area contributed by atoms with Gasteiger partial charge in [0.25, 0.3) is 11.8 Å². The third-order valence-corrected chi connectivity index (χ3v) is 8.26. The lowest BCUT2D eigenvalue weighted by Crippen LogP contribution is -2.84. The molecule has 192 valence electrons. The summed E-state index contributed by atoms with van der Waals surface area (Å²) in [6, 6.07) is 8.48. The number of nitrogens with zero attached hydrogens (tertiary/aromatic N) is 1. The van der Waals surface area contributed by atoms with Crippen molar-refractivity contribution in [3.8, 4) is 11.5 Å². The zero-order valence-electron chi connectivity index (χ0n) is 19.0. The van der Waals surface area contributed by atoms with Gasteiger partial charge in [-0.1, -0.05) is 23.2 Å². The predicted molar refractivity (Wildman–Crippen MR) is 131 cm³/mol. The highest BCUT2D eigenvalue weighted by atomic mass is 35.5. The van der Waals surface area contributed by atoms with Crippen molar-refractivity contribution in [2.24, 2.45) is 0 Å². The highest BCUT2D eigenvalue weighted by molar-refractivity contribution is 7.92. The van der Waals surface area contributed by atoms with E-state index in [0.29, 0.717) is 24.3 Å². The quantitative estimate of drug-likeness (QED) is 0.541. The normalized spacial score (nSPS) is 26.0. The summed E-state index contributed by atoms with van der Waals surface area (Å²) >= 11 is 11.6. The lowest BCUT2D eigenvalue weighted by Gasteiger charge is -2.70. The minimum atomic E-state index is -3.67. The van der Waals surface area contributed by atoms with Crippen molar-refractivity contribution in [3.63, 3.8) is 0 Å². The van der Waals surface area contributed by atoms with Gasteiger partial charge in [0.15, 0.2) is 12.7 Å². The Morgan fingerprint density at radius 2 is 1.83 bits per heavy atom. The van der Waals surface area contributed by atoms with Gasteiger partial charge < -0.3 is 20.1 Å². The fourth-order valence-electron chi connectivity index (χ4n) is 5.12. The molecule has 2 amide bonds. The highest BCUT2D eigenvalue weighted by Gasteiger charge is 2.69. The Hall–Kier alpha value is -2.76. The van der Waals surface area contributed by atoms with Gasteiger partial charge in [-0.15, -0.1) is 0 Å². The van der Waals surface area contributed by atoms with Crippen LogP contribution in [0.3, 0.4) is 0 Å². The predicted octanol–water partition coefficient (Wildman–Crippen LogP) is 2.65. The zero-order valence-corrected chi connectivity index (χ0v) is 21.3. The first kappa shape index (κ1) is 24.9. The summed E-state index contributed by atoms with van der Waals surface area (Å²) < 4.78 is 50.4. The van der Waals surface area contributed by atoms with E-state index in [0.717, 1.165) is 16.6 Å². The SMILES string of the molecule is CS(=O)(=O)N1CC(C(=O)NC23CC(NC(=O)COc4ccc(Cl)c(F)c4)(C2)C3)Oc2ccc(Cl)cc21. The Kier molecular flexibility index (Phi) is 6.00. The molecule has 0 aromatic heterocycles. The maximum absolute atomic E-state index is 13.5. The Labute approximate surface area is 216 Å². The first-order valence-electron chi connectivity index (χ1n) is 11.0. The number of halogens is 3. The summed E-state index contributed by atoms with van der Waals surface area (Å²) in [5.74, 6) is -0.997. The van der Waals surface area contributed by atoms with Crippen molar-refractivity contribution in [1.82, 2.24) is 10.6 Å². The maximum Gasteiger partial charge on any atom is 0.263 e. The molecule has 4 aliphatic rings. The average Bonchev–Trinajstić information content (AvgIpc) is 2.76. The zero-order chi connectivity index (χ0) is 25.9. The number of ether oxygens (including phenoxy) is 2. The molecule has 1 heterocycles. The second-order valence-electron chi connectivity index (χ2n) is 9.51. The molecule has 3 aliphatic carbocycles. The molecule has 0 radical (unpaired) electrons. The van der Waals surface area contributed by atoms with Crippen LogP contribution < -0.4 is 24.4 Å². The van der Waals surface area contributed by atoms with Gasteiger partial charge in [0.05, 0.1) is 23.5 Å². The van der Waals surface area contributed by atoms with Crippen LogP contribution in [-0.2, 0) is 19.6 Å². The third kappa shape index (κ3) is 4.67. The first-order chi connectivity index (χ1) is 16.9. The molecule has 1 unspecified atom stereocenters. The number of anilines is 1. The van der Waals surface area contributed by atoms with Crippen LogP contribution in [0.2, 0.25) is 10.0 Å². The van der Waals surface area contributed by atoms with E-state index in [9.17, 15) is 22.4 Å². The van der Waals surface area contributed by atoms with Crippen molar-refractivity contribution in [1.29, 1.82) is 0 Å². The number of carbonyl (C=O) groups excluding carboxylic acids is 2. The molecule has 9 nitrogen and oxygen atoms in total. The lowest BCUT2D eigenvalue weighted by molar-refractivity contribution is -0.153. The fraction of sp³-hybridized carbons (Fsp3) is 0.391. The number of hydrogen-bond acceptors (Lipinski definition) is 6. The number of benzene rings is 2. The molecule has 36 heavy (non-hydrogen) atoms. The van der Waals surface area contributed by atoms with Crippen LogP contribution in [0, 0.1) is 5.82 Å². The van der Waals surface area contributed by atoms with Crippen molar-refractivity contribution in [3.05, 3.63) is 52.3 Å². The van der Waals surface area contributed by atoms with E-state index in [4.69, 9.17) is 32.7 Å². The first-order valence-corrected chi connectivity index (χ1v) is 13.6. The van der Waals surface area contributed by atoms with Crippen LogP contribution in [-0.4, -0.2) is 56.8 Å². The molecule has 1 aliphatic heterocycles. The van der Waals surface area contributed by atoms with Crippen LogP contribution in [0.1, 0.15) is 19.3 Å². The number of amides is 2. The van der Waals surface area contributed by atoms with Gasteiger partial charge in [-0.3, -0.25) is 13.9 Å². The van der Waals surface area contributed by atoms with E-state index in [1.54, 1.807) is 6.07 Å². The molecular weight excluding hydrogens is 536 g/mol. The summed E-state index contributed by atoms with van der Waals surface area (Å²) in [7, 11) is -3.67. The molecule has 2 aromatic carbocycles. The van der Waals surface area contributed by atoms with Crippen LogP contribution in [0.25, 0.3) is 0 Å². The molecule has 3 fully saturated rings. The van der Waals surface area contributed by atoms with E-state index in [2.05, 4.69) is 10.6 Å². The second-order valence-corrected chi connectivity index (χ2v) is 12.3. The fourth-order valence-corrected chi connectivity index (χ4v) is 6.31. The molecule has 0 spiro atoms. The molecule has 2 bridgehead atoms. The maximum atomic E-state index is 13.5. The molecule has 6 rings (SSSR count). The largest absolute Gasteiger partial charge is 0.484 e. The summed E-state index contributed by atoms with van der Waals surface area (Å²) in [6.07, 6.45) is 1.60. The number of sulfonamides is 1. The minimum absolute atomic E-state index is 0.0377. The highest BCUT2D eigenvalue weighted by Crippen LogP contribution is 2.60. The van der Waals surface area contributed by atoms with Crippen LogP contribution in [0.4, 0.5) is 10.1 Å². The van der Waals surface area contributed by atoms with Crippen LogP contribution in [0.15, 0.2) is 36.4 Å². The van der Waals surface area contributed by atoms with Crippen LogP contribution >= 0.6 is 23.2 Å². The van der Waals surface area contributed by atoms with Gasteiger partial charge in [-0.2, -0.15) is 0 Å². The van der Waals surface area contributed by atoms with Crippen molar-refractivity contribution < 1.29 is 31.9 Å². The van der Waals surface area contributed by atoms with Gasteiger partial charge in [-0.25, -0.2) is 12.8 Å². The van der Waals surface area contributed by atoms with Gasteiger partial charge in [-0.05, 0) is 49.6 Å². The second kappa shape index (κ2) is 8.67. The van der Waals surface area contributed by atoms with Gasteiger partial charge in [0.1, 0.15) is 17.3 Å². The minimum Gasteiger partial charge on any atom is -0.484 e. The summed E-state index contributed by atoms with van der Waals surface area (Å²) in [6.45, 7) is -0.471. The number of carbonyl (C=O) groups is 2. The number of fused-ring (bicyclic) bond motifs is 1. The Balaban J connectivity index is 1.14. The van der Waals surface area contributed by atoms with E-state index >= 15 is 0 Å². The summed E-state index contributed by atoms with van der Waals surface area (Å²) in [5.41, 5.74) is -0.636.